The van der Waals surface area contributed by atoms with Gasteiger partial charge in [0.25, 0.3) is 0 Å². The Balaban J connectivity index is 2.75. The first-order chi connectivity index (χ1) is 7.58. The van der Waals surface area contributed by atoms with E-state index in [4.69, 9.17) is 11.6 Å². The van der Waals surface area contributed by atoms with Gasteiger partial charge in [-0.25, -0.2) is 19.0 Å². The second kappa shape index (κ2) is 3.82. The van der Waals surface area contributed by atoms with E-state index < -0.39 is 17.1 Å². The summed E-state index contributed by atoms with van der Waals surface area (Å²) in [6.07, 6.45) is 0. The number of nitrogens with one attached hydrogen (secondary N) is 2. The quantitative estimate of drug-likeness (QED) is 0.727. The van der Waals surface area contributed by atoms with Crippen molar-refractivity contribution in [3.05, 3.63) is 60.7 Å². The lowest BCUT2D eigenvalue weighted by atomic mass is 10.3. The van der Waals surface area contributed by atoms with E-state index in [1.807, 2.05) is 9.97 Å². The number of H-pyrrole nitrogens is 2. The third-order valence-electron chi connectivity index (χ3n) is 1.93. The van der Waals surface area contributed by atoms with Crippen LogP contribution in [0.3, 0.4) is 0 Å². The van der Waals surface area contributed by atoms with Crippen molar-refractivity contribution in [1.82, 2.24) is 14.5 Å². The van der Waals surface area contributed by atoms with Crippen molar-refractivity contribution in [3.63, 3.8) is 0 Å². The zero-order valence-electron chi connectivity index (χ0n) is 7.86. The van der Waals surface area contributed by atoms with E-state index in [0.29, 0.717) is 10.7 Å². The molecule has 0 unspecified atom stereocenters. The van der Waals surface area contributed by atoms with E-state index in [9.17, 15) is 14.4 Å². The monoisotopic (exact) mass is 239 g/mol. The van der Waals surface area contributed by atoms with Gasteiger partial charge in [-0.3, -0.25) is 9.97 Å². The van der Waals surface area contributed by atoms with E-state index in [1.54, 1.807) is 0 Å². The Morgan fingerprint density at radius 3 is 1.94 bits per heavy atom. The number of aromatic nitrogens is 3. The molecule has 2 N–H and O–H groups in total. The van der Waals surface area contributed by atoms with Gasteiger partial charge in [0, 0.05) is 5.02 Å². The topological polar surface area (TPSA) is 87.7 Å². The van der Waals surface area contributed by atoms with Gasteiger partial charge in [0.05, 0.1) is 5.69 Å². The summed E-state index contributed by atoms with van der Waals surface area (Å²) in [5.74, 6) is 0. The van der Waals surface area contributed by atoms with Crippen LogP contribution in [0.4, 0.5) is 0 Å². The summed E-state index contributed by atoms with van der Waals surface area (Å²) in [5, 5.41) is 0.484. The van der Waals surface area contributed by atoms with Crippen molar-refractivity contribution < 1.29 is 0 Å². The molecule has 0 aliphatic carbocycles. The fourth-order valence-electron chi connectivity index (χ4n) is 1.25. The number of halogens is 1. The number of hydrogen-bond acceptors (Lipinski definition) is 3. The van der Waals surface area contributed by atoms with Gasteiger partial charge < -0.3 is 0 Å². The fourth-order valence-corrected chi connectivity index (χ4v) is 1.38. The molecule has 1 heterocycles. The molecule has 0 atom stereocenters. The number of rotatable bonds is 1. The molecule has 82 valence electrons. The standard InChI is InChI=1S/C9H6ClN3O3/c10-5-1-3-6(4-2-5)13-8(15)11-7(14)12-9(13)16/h1-4H,(H2,11,12,14,15,16). The molecule has 0 radical (unpaired) electrons. The number of benzene rings is 1. The number of nitrogens with zero attached hydrogens (tertiary/aromatic N) is 1. The van der Waals surface area contributed by atoms with E-state index in [-0.39, 0.29) is 0 Å². The molecule has 2 aromatic rings. The van der Waals surface area contributed by atoms with Crippen LogP contribution >= 0.6 is 11.6 Å². The maximum absolute atomic E-state index is 11.4. The average Bonchev–Trinajstić information content (AvgIpc) is 2.19. The van der Waals surface area contributed by atoms with E-state index in [2.05, 4.69) is 0 Å². The van der Waals surface area contributed by atoms with Crippen LogP contribution in [0.5, 0.6) is 0 Å². The van der Waals surface area contributed by atoms with Crippen LogP contribution in [0.1, 0.15) is 0 Å². The van der Waals surface area contributed by atoms with Gasteiger partial charge in [-0.05, 0) is 24.3 Å². The Morgan fingerprint density at radius 1 is 0.938 bits per heavy atom. The van der Waals surface area contributed by atoms with Crippen LogP contribution in [0.15, 0.2) is 38.6 Å². The van der Waals surface area contributed by atoms with Gasteiger partial charge in [-0.15, -0.1) is 0 Å². The lowest BCUT2D eigenvalue weighted by Crippen LogP contribution is -2.42. The zero-order valence-corrected chi connectivity index (χ0v) is 8.62. The summed E-state index contributed by atoms with van der Waals surface area (Å²) in [7, 11) is 0. The van der Waals surface area contributed by atoms with Crippen LogP contribution in [-0.2, 0) is 0 Å². The highest BCUT2D eigenvalue weighted by Gasteiger charge is 2.04. The van der Waals surface area contributed by atoms with Crippen LogP contribution in [-0.4, -0.2) is 14.5 Å². The third kappa shape index (κ3) is 1.82. The summed E-state index contributed by atoms with van der Waals surface area (Å²) in [6, 6.07) is 6.07. The second-order valence-corrected chi connectivity index (χ2v) is 3.44. The lowest BCUT2D eigenvalue weighted by molar-refractivity contribution is 0.784. The SMILES string of the molecule is O=c1[nH]c(=O)n(-c2ccc(Cl)cc2)c(=O)[nH]1. The summed E-state index contributed by atoms with van der Waals surface area (Å²) >= 11 is 5.67. The minimum atomic E-state index is -0.833. The van der Waals surface area contributed by atoms with Crippen molar-refractivity contribution in [3.8, 4) is 5.69 Å². The lowest BCUT2D eigenvalue weighted by Gasteiger charge is -2.02. The molecule has 0 saturated carbocycles. The number of aromatic amines is 2. The Bertz CT molecular complexity index is 646. The first-order valence-corrected chi connectivity index (χ1v) is 4.67. The smallest absolute Gasteiger partial charge is 0.258 e. The maximum atomic E-state index is 11.4. The van der Waals surface area contributed by atoms with Gasteiger partial charge in [0.2, 0.25) is 0 Å². The molecule has 0 aliphatic heterocycles. The molecule has 0 amide bonds. The van der Waals surface area contributed by atoms with Gasteiger partial charge in [0.15, 0.2) is 0 Å². The van der Waals surface area contributed by atoms with Gasteiger partial charge >= 0.3 is 17.1 Å². The highest BCUT2D eigenvalue weighted by Crippen LogP contribution is 2.10. The second-order valence-electron chi connectivity index (χ2n) is 3.00. The first kappa shape index (κ1) is 10.4. The molecular formula is C9H6ClN3O3. The molecule has 6 nitrogen and oxygen atoms in total. The molecule has 0 aliphatic rings. The zero-order chi connectivity index (χ0) is 11.7. The van der Waals surface area contributed by atoms with Crippen LogP contribution < -0.4 is 17.1 Å². The highest BCUT2D eigenvalue weighted by molar-refractivity contribution is 6.30. The summed E-state index contributed by atoms with van der Waals surface area (Å²) in [5.41, 5.74) is -2.10. The first-order valence-electron chi connectivity index (χ1n) is 4.29. The molecule has 0 saturated heterocycles. The molecule has 7 heteroatoms. The molecule has 2 rings (SSSR count). The fraction of sp³-hybridized carbons (Fsp3) is 0. The van der Waals surface area contributed by atoms with Crippen molar-refractivity contribution in [2.75, 3.05) is 0 Å². The Kier molecular flexibility index (Phi) is 2.49. The van der Waals surface area contributed by atoms with Crippen molar-refractivity contribution in [1.29, 1.82) is 0 Å². The molecule has 0 bridgehead atoms. The molecule has 1 aromatic heterocycles. The minimum Gasteiger partial charge on any atom is -0.258 e. The van der Waals surface area contributed by atoms with Crippen LogP contribution in [0.25, 0.3) is 5.69 Å². The largest absolute Gasteiger partial charge is 0.338 e. The molecule has 1 aromatic carbocycles. The summed E-state index contributed by atoms with van der Waals surface area (Å²) in [4.78, 5) is 37.5. The average molecular weight is 240 g/mol. The Hall–Kier alpha value is -2.08. The Morgan fingerprint density at radius 2 is 1.44 bits per heavy atom. The predicted octanol–water partition coefficient (Wildman–Crippen LogP) is -0.133. The predicted molar refractivity (Wildman–Crippen MR) is 58.3 cm³/mol. The van der Waals surface area contributed by atoms with Gasteiger partial charge in [-0.1, -0.05) is 11.6 Å². The molecule has 0 fully saturated rings. The summed E-state index contributed by atoms with van der Waals surface area (Å²) < 4.78 is 0.803. The minimum absolute atomic E-state index is 0.326. The van der Waals surface area contributed by atoms with Crippen LogP contribution in [0.2, 0.25) is 5.02 Å². The van der Waals surface area contributed by atoms with Crippen molar-refractivity contribution >= 4 is 11.6 Å². The highest BCUT2D eigenvalue weighted by atomic mass is 35.5. The van der Waals surface area contributed by atoms with Crippen molar-refractivity contribution in [2.45, 2.75) is 0 Å². The van der Waals surface area contributed by atoms with E-state index >= 15 is 0 Å². The van der Waals surface area contributed by atoms with Crippen molar-refractivity contribution in [2.24, 2.45) is 0 Å². The maximum Gasteiger partial charge on any atom is 0.338 e. The Labute approximate surface area is 93.1 Å². The third-order valence-corrected chi connectivity index (χ3v) is 2.18. The van der Waals surface area contributed by atoms with Crippen LogP contribution in [0, 0.1) is 0 Å². The molecule has 0 spiro atoms. The van der Waals surface area contributed by atoms with E-state index in [0.717, 1.165) is 4.57 Å². The molecular weight excluding hydrogens is 234 g/mol. The summed E-state index contributed by atoms with van der Waals surface area (Å²) in [6.45, 7) is 0. The normalized spacial score (nSPS) is 10.3. The van der Waals surface area contributed by atoms with E-state index in [1.165, 1.54) is 24.3 Å². The van der Waals surface area contributed by atoms with Gasteiger partial charge in [-0.2, -0.15) is 0 Å². The van der Waals surface area contributed by atoms with Gasteiger partial charge in [0.1, 0.15) is 0 Å². The molecule has 16 heavy (non-hydrogen) atoms. The number of hydrogen-bond donors (Lipinski definition) is 2.